The Labute approximate surface area is 125 Å². The van der Waals surface area contributed by atoms with E-state index >= 15 is 0 Å². The van der Waals surface area contributed by atoms with Crippen molar-refractivity contribution in [1.29, 1.82) is 0 Å². The van der Waals surface area contributed by atoms with Crippen LogP contribution in [0.3, 0.4) is 0 Å². The van der Waals surface area contributed by atoms with E-state index in [0.717, 1.165) is 5.69 Å². The number of hydrogen-bond acceptors (Lipinski definition) is 4. The maximum atomic E-state index is 10.8. The summed E-state index contributed by atoms with van der Waals surface area (Å²) in [6.07, 6.45) is 1.35. The zero-order chi connectivity index (χ0) is 14.5. The fraction of sp³-hybridized carbons (Fsp3) is 0. The molecular formula is C13H9Cl2N3O2. The van der Waals surface area contributed by atoms with Gasteiger partial charge >= 0.3 is 0 Å². The molecule has 7 heteroatoms. The monoisotopic (exact) mass is 309 g/mol. The van der Waals surface area contributed by atoms with Crippen molar-refractivity contribution in [3.8, 4) is 0 Å². The highest BCUT2D eigenvalue weighted by Gasteiger charge is 2.17. The molecule has 1 N–H and O–H groups in total. The second-order valence-corrected chi connectivity index (χ2v) is 4.57. The highest BCUT2D eigenvalue weighted by Crippen LogP contribution is 2.31. The van der Waals surface area contributed by atoms with E-state index < -0.39 is 4.92 Å². The van der Waals surface area contributed by atoms with Gasteiger partial charge in [-0.05, 0) is 18.2 Å². The van der Waals surface area contributed by atoms with Gasteiger partial charge in [0.1, 0.15) is 5.02 Å². The summed E-state index contributed by atoms with van der Waals surface area (Å²) < 4.78 is 0. The molecule has 0 aliphatic heterocycles. The number of nitro groups is 1. The predicted octanol–water partition coefficient (Wildman–Crippen LogP) is 4.35. The summed E-state index contributed by atoms with van der Waals surface area (Å²) in [6, 6.07) is 11.9. The molecular weight excluding hydrogens is 301 g/mol. The van der Waals surface area contributed by atoms with Crippen LogP contribution in [0.1, 0.15) is 5.56 Å². The number of hydrazone groups is 1. The molecule has 20 heavy (non-hydrogen) atoms. The number of benzene rings is 2. The molecule has 0 fully saturated rings. The van der Waals surface area contributed by atoms with Gasteiger partial charge in [0.15, 0.2) is 0 Å². The minimum absolute atomic E-state index is 0.0406. The van der Waals surface area contributed by atoms with Gasteiger partial charge in [0, 0.05) is 11.6 Å². The minimum atomic E-state index is -0.569. The number of nitrogens with zero attached hydrogens (tertiary/aromatic N) is 2. The molecule has 0 bridgehead atoms. The van der Waals surface area contributed by atoms with Gasteiger partial charge in [-0.15, -0.1) is 0 Å². The van der Waals surface area contributed by atoms with E-state index in [4.69, 9.17) is 23.2 Å². The van der Waals surface area contributed by atoms with E-state index in [9.17, 15) is 10.1 Å². The number of anilines is 1. The zero-order valence-corrected chi connectivity index (χ0v) is 11.6. The molecule has 0 aromatic heterocycles. The van der Waals surface area contributed by atoms with Crippen molar-refractivity contribution in [3.63, 3.8) is 0 Å². The molecule has 0 unspecified atom stereocenters. The van der Waals surface area contributed by atoms with Crippen LogP contribution in [0, 0.1) is 10.1 Å². The number of hydrogen-bond donors (Lipinski definition) is 1. The van der Waals surface area contributed by atoms with Crippen LogP contribution in [0.5, 0.6) is 0 Å². The van der Waals surface area contributed by atoms with Gasteiger partial charge in [-0.2, -0.15) is 5.10 Å². The molecule has 0 aliphatic rings. The summed E-state index contributed by atoms with van der Waals surface area (Å²) >= 11 is 11.9. The molecule has 0 atom stereocenters. The van der Waals surface area contributed by atoms with Crippen molar-refractivity contribution in [3.05, 3.63) is 68.2 Å². The number of nitro benzene ring substituents is 1. The van der Waals surface area contributed by atoms with E-state index in [0.29, 0.717) is 10.6 Å². The van der Waals surface area contributed by atoms with Crippen molar-refractivity contribution >= 4 is 40.8 Å². The van der Waals surface area contributed by atoms with E-state index in [2.05, 4.69) is 10.5 Å². The Kier molecular flexibility index (Phi) is 4.55. The van der Waals surface area contributed by atoms with Crippen molar-refractivity contribution in [1.82, 2.24) is 0 Å². The molecule has 2 aromatic carbocycles. The van der Waals surface area contributed by atoms with Crippen LogP contribution in [0.15, 0.2) is 47.6 Å². The topological polar surface area (TPSA) is 67.5 Å². The van der Waals surface area contributed by atoms with E-state index in [1.165, 1.54) is 18.3 Å². The minimum Gasteiger partial charge on any atom is -0.279 e. The first-order chi connectivity index (χ1) is 9.59. The van der Waals surface area contributed by atoms with Crippen LogP contribution in [0.25, 0.3) is 0 Å². The molecule has 5 nitrogen and oxygen atoms in total. The molecule has 0 saturated heterocycles. The van der Waals surface area contributed by atoms with Crippen molar-refractivity contribution in [2.24, 2.45) is 5.10 Å². The number of nitrogens with one attached hydrogen (secondary N) is 1. The molecule has 0 amide bonds. The highest BCUT2D eigenvalue weighted by atomic mass is 35.5. The van der Waals surface area contributed by atoms with Gasteiger partial charge in [-0.3, -0.25) is 15.5 Å². The Morgan fingerprint density at radius 2 is 1.85 bits per heavy atom. The zero-order valence-electron chi connectivity index (χ0n) is 10.1. The lowest BCUT2D eigenvalue weighted by Crippen LogP contribution is -1.96. The van der Waals surface area contributed by atoms with Gasteiger partial charge in [-0.25, -0.2) is 0 Å². The van der Waals surface area contributed by atoms with Crippen LogP contribution < -0.4 is 5.43 Å². The highest BCUT2D eigenvalue weighted by molar-refractivity contribution is 6.40. The van der Waals surface area contributed by atoms with Gasteiger partial charge in [0.2, 0.25) is 0 Å². The van der Waals surface area contributed by atoms with Crippen molar-refractivity contribution in [2.75, 3.05) is 5.43 Å². The van der Waals surface area contributed by atoms with Crippen molar-refractivity contribution < 1.29 is 4.92 Å². The van der Waals surface area contributed by atoms with Crippen LogP contribution in [-0.4, -0.2) is 11.1 Å². The fourth-order valence-electron chi connectivity index (χ4n) is 1.50. The Hall–Kier alpha value is -2.11. The van der Waals surface area contributed by atoms with Gasteiger partial charge in [0.05, 0.1) is 21.8 Å². The molecule has 0 saturated carbocycles. The predicted molar refractivity (Wildman–Crippen MR) is 80.8 cm³/mol. The SMILES string of the molecule is O=[N+]([O-])c1ccc(Cl)c(C=NNc2ccccc2)c1Cl. The molecule has 0 radical (unpaired) electrons. The normalized spacial score (nSPS) is 10.7. The summed E-state index contributed by atoms with van der Waals surface area (Å²) in [4.78, 5) is 10.2. The summed E-state index contributed by atoms with van der Waals surface area (Å²) in [5.74, 6) is 0. The number of halogens is 2. The van der Waals surface area contributed by atoms with Gasteiger partial charge in [-0.1, -0.05) is 41.4 Å². The molecule has 0 heterocycles. The standard InChI is InChI=1S/C13H9Cl2N3O2/c14-11-6-7-12(18(19)20)13(15)10(11)8-16-17-9-4-2-1-3-5-9/h1-8,17H. The summed E-state index contributed by atoms with van der Waals surface area (Å²) in [7, 11) is 0. The smallest absolute Gasteiger partial charge is 0.279 e. The third-order valence-corrected chi connectivity index (χ3v) is 3.19. The third kappa shape index (κ3) is 3.26. The first-order valence-electron chi connectivity index (χ1n) is 5.56. The molecule has 0 spiro atoms. The lowest BCUT2D eigenvalue weighted by atomic mass is 10.2. The Morgan fingerprint density at radius 1 is 1.15 bits per heavy atom. The fourth-order valence-corrected chi connectivity index (χ4v) is 2.04. The van der Waals surface area contributed by atoms with E-state index in [1.807, 2.05) is 30.3 Å². The average Bonchev–Trinajstić information content (AvgIpc) is 2.43. The van der Waals surface area contributed by atoms with Gasteiger partial charge in [0.25, 0.3) is 5.69 Å². The molecule has 2 aromatic rings. The first kappa shape index (κ1) is 14.3. The summed E-state index contributed by atoms with van der Waals surface area (Å²) in [5.41, 5.74) is 3.64. The Morgan fingerprint density at radius 3 is 2.50 bits per heavy atom. The van der Waals surface area contributed by atoms with Crippen LogP contribution in [-0.2, 0) is 0 Å². The molecule has 2 rings (SSSR count). The third-order valence-electron chi connectivity index (χ3n) is 2.46. The quantitative estimate of drug-likeness (QED) is 0.518. The molecule has 102 valence electrons. The summed E-state index contributed by atoms with van der Waals surface area (Å²) in [5, 5.41) is 15.0. The Balaban J connectivity index is 2.25. The van der Waals surface area contributed by atoms with Gasteiger partial charge < -0.3 is 0 Å². The van der Waals surface area contributed by atoms with Crippen LogP contribution in [0.2, 0.25) is 10.0 Å². The second kappa shape index (κ2) is 6.36. The van der Waals surface area contributed by atoms with E-state index in [1.54, 1.807) is 0 Å². The molecule has 0 aliphatic carbocycles. The second-order valence-electron chi connectivity index (χ2n) is 3.79. The number of para-hydroxylation sites is 1. The lowest BCUT2D eigenvalue weighted by molar-refractivity contribution is -0.384. The largest absolute Gasteiger partial charge is 0.288 e. The van der Waals surface area contributed by atoms with E-state index in [-0.39, 0.29) is 10.7 Å². The lowest BCUT2D eigenvalue weighted by Gasteiger charge is -2.03. The van der Waals surface area contributed by atoms with Crippen LogP contribution in [0.4, 0.5) is 11.4 Å². The van der Waals surface area contributed by atoms with Crippen LogP contribution >= 0.6 is 23.2 Å². The number of rotatable bonds is 4. The Bertz CT molecular complexity index is 660. The maximum Gasteiger partial charge on any atom is 0.288 e. The first-order valence-corrected chi connectivity index (χ1v) is 6.31. The maximum absolute atomic E-state index is 10.8. The van der Waals surface area contributed by atoms with Crippen molar-refractivity contribution in [2.45, 2.75) is 0 Å². The average molecular weight is 310 g/mol. The summed E-state index contributed by atoms with van der Waals surface area (Å²) in [6.45, 7) is 0.